The molecule has 0 fully saturated rings. The van der Waals surface area contributed by atoms with Crippen LogP contribution in [0.4, 0.5) is 0 Å². The Balaban J connectivity index is 1.69. The molecule has 0 aliphatic heterocycles. The van der Waals surface area contributed by atoms with Gasteiger partial charge in [-0.15, -0.1) is 0 Å². The molecule has 0 saturated heterocycles. The summed E-state index contributed by atoms with van der Waals surface area (Å²) in [6.07, 6.45) is 0. The van der Waals surface area contributed by atoms with E-state index in [4.69, 9.17) is 9.47 Å². The third-order valence-electron chi connectivity index (χ3n) is 4.16. The molecule has 0 spiro atoms. The van der Waals surface area contributed by atoms with Crippen LogP contribution in [-0.2, 0) is 11.3 Å². The van der Waals surface area contributed by atoms with E-state index in [1.165, 1.54) is 7.11 Å². The zero-order chi connectivity index (χ0) is 19.8. The summed E-state index contributed by atoms with van der Waals surface area (Å²) in [5.74, 6) is 0.403. The van der Waals surface area contributed by atoms with Crippen molar-refractivity contribution in [3.05, 3.63) is 95.6 Å². The van der Waals surface area contributed by atoms with Crippen LogP contribution in [0.2, 0.25) is 0 Å². The molecule has 28 heavy (non-hydrogen) atoms. The molecule has 5 nitrogen and oxygen atoms in total. The molecule has 0 aliphatic carbocycles. The topological polar surface area (TPSA) is 64.6 Å². The van der Waals surface area contributed by atoms with Gasteiger partial charge in [0, 0.05) is 18.2 Å². The summed E-state index contributed by atoms with van der Waals surface area (Å²) in [6.45, 7) is 0.214. The Morgan fingerprint density at radius 2 is 1.57 bits per heavy atom. The van der Waals surface area contributed by atoms with Gasteiger partial charge in [0.1, 0.15) is 11.5 Å². The lowest BCUT2D eigenvalue weighted by Crippen LogP contribution is -2.28. The number of methoxy groups -OCH3 is 1. The molecule has 3 aromatic carbocycles. The predicted octanol–water partition coefficient (Wildman–Crippen LogP) is 3.62. The van der Waals surface area contributed by atoms with Crippen LogP contribution >= 0.6 is 0 Å². The first-order valence-corrected chi connectivity index (χ1v) is 8.88. The van der Waals surface area contributed by atoms with E-state index < -0.39 is 0 Å². The molecule has 1 amide bonds. The quantitative estimate of drug-likeness (QED) is 0.611. The highest BCUT2D eigenvalue weighted by Gasteiger charge is 2.16. The van der Waals surface area contributed by atoms with Crippen molar-refractivity contribution in [1.29, 1.82) is 0 Å². The minimum Gasteiger partial charge on any atom is -0.497 e. The van der Waals surface area contributed by atoms with E-state index in [0.29, 0.717) is 29.2 Å². The molecule has 0 aliphatic rings. The number of benzene rings is 3. The molecule has 0 atom stereocenters. The van der Waals surface area contributed by atoms with E-state index in [1.54, 1.807) is 42.5 Å². The Kier molecular flexibility index (Phi) is 6.41. The normalized spacial score (nSPS) is 10.2. The summed E-state index contributed by atoms with van der Waals surface area (Å²) in [7, 11) is 1.53. The Bertz CT molecular complexity index is 939. The minimum absolute atomic E-state index is 0.178. The number of ketones is 1. The van der Waals surface area contributed by atoms with Crippen molar-refractivity contribution in [2.24, 2.45) is 0 Å². The summed E-state index contributed by atoms with van der Waals surface area (Å²) in [5.41, 5.74) is 1.92. The molecule has 0 heterocycles. The highest BCUT2D eigenvalue weighted by Crippen LogP contribution is 2.27. The van der Waals surface area contributed by atoms with Crippen LogP contribution in [0.3, 0.4) is 0 Å². The van der Waals surface area contributed by atoms with Gasteiger partial charge in [0.2, 0.25) is 0 Å². The number of amides is 1. The van der Waals surface area contributed by atoms with E-state index in [2.05, 4.69) is 5.32 Å². The van der Waals surface area contributed by atoms with Gasteiger partial charge in [0.05, 0.1) is 12.7 Å². The van der Waals surface area contributed by atoms with E-state index in [-0.39, 0.29) is 18.3 Å². The molecule has 1 N–H and O–H groups in total. The molecular formula is C23H21NO4. The number of carbonyl (C=O) groups excluding carboxylic acids is 2. The first-order valence-electron chi connectivity index (χ1n) is 8.88. The summed E-state index contributed by atoms with van der Waals surface area (Å²) in [6, 6.07) is 23.5. The van der Waals surface area contributed by atoms with Crippen molar-refractivity contribution < 1.29 is 19.1 Å². The number of hydrogen-bond donors (Lipinski definition) is 1. The maximum Gasteiger partial charge on any atom is 0.258 e. The molecule has 5 heteroatoms. The molecular weight excluding hydrogens is 354 g/mol. The Morgan fingerprint density at radius 3 is 2.25 bits per heavy atom. The van der Waals surface area contributed by atoms with Gasteiger partial charge in [-0.2, -0.15) is 0 Å². The maximum atomic E-state index is 12.8. The second-order valence-electron chi connectivity index (χ2n) is 6.11. The van der Waals surface area contributed by atoms with Crippen LogP contribution in [0.1, 0.15) is 21.5 Å². The lowest BCUT2D eigenvalue weighted by Gasteiger charge is -2.13. The highest BCUT2D eigenvalue weighted by molar-refractivity contribution is 6.10. The Labute approximate surface area is 163 Å². The average Bonchev–Trinajstić information content (AvgIpc) is 2.77. The molecule has 0 bridgehead atoms. The van der Waals surface area contributed by atoms with Gasteiger partial charge in [-0.1, -0.05) is 60.7 Å². The zero-order valence-electron chi connectivity index (χ0n) is 15.6. The summed E-state index contributed by atoms with van der Waals surface area (Å²) in [5, 5.41) is 2.80. The van der Waals surface area contributed by atoms with E-state index in [9.17, 15) is 9.59 Å². The first-order chi connectivity index (χ1) is 13.7. The van der Waals surface area contributed by atoms with E-state index in [1.807, 2.05) is 36.4 Å². The first kappa shape index (κ1) is 19.2. The fourth-order valence-electron chi connectivity index (χ4n) is 2.67. The van der Waals surface area contributed by atoms with Crippen LogP contribution in [0.5, 0.6) is 11.5 Å². The van der Waals surface area contributed by atoms with Crippen molar-refractivity contribution >= 4 is 11.7 Å². The number of rotatable bonds is 8. The van der Waals surface area contributed by atoms with Crippen LogP contribution in [-0.4, -0.2) is 25.4 Å². The monoisotopic (exact) mass is 375 g/mol. The van der Waals surface area contributed by atoms with Crippen molar-refractivity contribution in [2.75, 3.05) is 13.7 Å². The minimum atomic E-state index is -0.273. The second-order valence-corrected chi connectivity index (χ2v) is 6.11. The molecule has 0 radical (unpaired) electrons. The maximum absolute atomic E-state index is 12.8. The molecule has 0 unspecified atom stereocenters. The second kappa shape index (κ2) is 9.37. The predicted molar refractivity (Wildman–Crippen MR) is 107 cm³/mol. The molecule has 3 rings (SSSR count). The van der Waals surface area contributed by atoms with Gasteiger partial charge in [-0.05, 0) is 17.7 Å². The SMILES string of the molecule is COc1ccc(C(=O)c2ccccc2)c(OCC(=O)NCc2ccccc2)c1. The fourth-order valence-corrected chi connectivity index (χ4v) is 2.67. The lowest BCUT2D eigenvalue weighted by molar-refractivity contribution is -0.123. The highest BCUT2D eigenvalue weighted by atomic mass is 16.5. The molecule has 0 aromatic heterocycles. The van der Waals surface area contributed by atoms with Gasteiger partial charge in [0.25, 0.3) is 5.91 Å². The summed E-state index contributed by atoms with van der Waals surface area (Å²) in [4.78, 5) is 24.9. The number of ether oxygens (including phenoxy) is 2. The Hall–Kier alpha value is -3.60. The number of carbonyl (C=O) groups is 2. The third kappa shape index (κ3) is 4.98. The van der Waals surface area contributed by atoms with Crippen LogP contribution in [0.15, 0.2) is 78.9 Å². The molecule has 3 aromatic rings. The lowest BCUT2D eigenvalue weighted by atomic mass is 10.0. The smallest absolute Gasteiger partial charge is 0.258 e. The van der Waals surface area contributed by atoms with Crippen LogP contribution in [0.25, 0.3) is 0 Å². The standard InChI is InChI=1S/C23H21NO4/c1-27-19-12-13-20(23(26)18-10-6-3-7-11-18)21(14-19)28-16-22(25)24-15-17-8-4-2-5-9-17/h2-14H,15-16H2,1H3,(H,24,25). The van der Waals surface area contributed by atoms with Gasteiger partial charge in [-0.3, -0.25) is 9.59 Å². The van der Waals surface area contributed by atoms with Gasteiger partial charge in [0.15, 0.2) is 12.4 Å². The van der Waals surface area contributed by atoms with E-state index in [0.717, 1.165) is 5.56 Å². The van der Waals surface area contributed by atoms with E-state index >= 15 is 0 Å². The molecule has 0 saturated carbocycles. The van der Waals surface area contributed by atoms with Gasteiger partial charge in [-0.25, -0.2) is 0 Å². The van der Waals surface area contributed by atoms with Crippen LogP contribution < -0.4 is 14.8 Å². The van der Waals surface area contributed by atoms with Crippen molar-refractivity contribution in [1.82, 2.24) is 5.32 Å². The Morgan fingerprint density at radius 1 is 0.893 bits per heavy atom. The number of nitrogens with one attached hydrogen (secondary N) is 1. The van der Waals surface area contributed by atoms with Crippen molar-refractivity contribution in [3.63, 3.8) is 0 Å². The molecule has 142 valence electrons. The van der Waals surface area contributed by atoms with Crippen LogP contribution in [0, 0.1) is 0 Å². The third-order valence-corrected chi connectivity index (χ3v) is 4.16. The zero-order valence-corrected chi connectivity index (χ0v) is 15.6. The van der Waals surface area contributed by atoms with Crippen molar-refractivity contribution in [3.8, 4) is 11.5 Å². The van der Waals surface area contributed by atoms with Crippen molar-refractivity contribution in [2.45, 2.75) is 6.54 Å². The summed E-state index contributed by atoms with van der Waals surface area (Å²) < 4.78 is 10.9. The number of hydrogen-bond acceptors (Lipinski definition) is 4. The fraction of sp³-hybridized carbons (Fsp3) is 0.130. The van der Waals surface area contributed by atoms with Gasteiger partial charge >= 0.3 is 0 Å². The van der Waals surface area contributed by atoms with Gasteiger partial charge < -0.3 is 14.8 Å². The average molecular weight is 375 g/mol. The summed E-state index contributed by atoms with van der Waals surface area (Å²) >= 11 is 0. The largest absolute Gasteiger partial charge is 0.497 e.